The Bertz CT molecular complexity index is 1300. The number of carbonyl (C=O) groups excluding carboxylic acids is 2. The van der Waals surface area contributed by atoms with Crippen molar-refractivity contribution in [3.63, 3.8) is 0 Å². The largest absolute Gasteiger partial charge is 0.489 e. The smallest absolute Gasteiger partial charge is 0.327 e. The number of carbonyl (C=O) groups is 2. The van der Waals surface area contributed by atoms with Crippen LogP contribution in [0.15, 0.2) is 24.5 Å². The third-order valence-corrected chi connectivity index (χ3v) is 8.62. The SMILES string of the molecule is Cc1cc(Cl)cc(-c2ncnc3cc(CN4C(=O)C5CCCN5C4=O)sc23)c1OC1CCCCC1. The molecule has 1 saturated carbocycles. The maximum atomic E-state index is 12.8. The van der Waals surface area contributed by atoms with E-state index in [9.17, 15) is 9.59 Å². The van der Waals surface area contributed by atoms with Gasteiger partial charge >= 0.3 is 6.03 Å². The minimum atomic E-state index is -0.291. The van der Waals surface area contributed by atoms with Crippen molar-refractivity contribution in [2.75, 3.05) is 6.54 Å². The van der Waals surface area contributed by atoms with Crippen molar-refractivity contribution in [1.82, 2.24) is 19.8 Å². The Balaban J connectivity index is 1.36. The molecule has 6 rings (SSSR count). The first-order valence-corrected chi connectivity index (χ1v) is 13.5. The highest BCUT2D eigenvalue weighted by Gasteiger charge is 2.47. The molecule has 2 saturated heterocycles. The summed E-state index contributed by atoms with van der Waals surface area (Å²) in [7, 11) is 0. The molecule has 2 aliphatic heterocycles. The number of fused-ring (bicyclic) bond motifs is 2. The van der Waals surface area contributed by atoms with E-state index in [1.807, 2.05) is 25.1 Å². The van der Waals surface area contributed by atoms with E-state index in [0.717, 1.165) is 63.3 Å². The molecular formula is C26H27ClN4O3S. The summed E-state index contributed by atoms with van der Waals surface area (Å²) >= 11 is 8.00. The lowest BCUT2D eigenvalue weighted by atomic mass is 9.97. The van der Waals surface area contributed by atoms with E-state index in [2.05, 4.69) is 9.97 Å². The van der Waals surface area contributed by atoms with Crippen molar-refractivity contribution in [2.24, 2.45) is 0 Å². The number of thiophene rings is 1. The van der Waals surface area contributed by atoms with Gasteiger partial charge in [0.15, 0.2) is 0 Å². The maximum absolute atomic E-state index is 12.8. The first-order chi connectivity index (χ1) is 17.0. The zero-order valence-electron chi connectivity index (χ0n) is 19.6. The highest BCUT2D eigenvalue weighted by Crippen LogP contribution is 2.42. The first-order valence-electron chi connectivity index (χ1n) is 12.3. The van der Waals surface area contributed by atoms with Crippen LogP contribution >= 0.6 is 22.9 Å². The summed E-state index contributed by atoms with van der Waals surface area (Å²) in [4.78, 5) is 38.7. The van der Waals surface area contributed by atoms with E-state index in [4.69, 9.17) is 16.3 Å². The summed E-state index contributed by atoms with van der Waals surface area (Å²) in [6.07, 6.45) is 9.13. The molecule has 7 nitrogen and oxygen atoms in total. The highest BCUT2D eigenvalue weighted by atomic mass is 35.5. The summed E-state index contributed by atoms with van der Waals surface area (Å²) in [6, 6.07) is 5.32. The molecule has 1 aromatic carbocycles. The van der Waals surface area contributed by atoms with E-state index in [1.54, 1.807) is 11.2 Å². The molecule has 0 N–H and O–H groups in total. The molecule has 182 valence electrons. The standard InChI is InChI=1S/C26H27ClN4O3S/c1-15-10-16(27)11-19(23(15)34-17-6-3-2-4-7-17)22-24-20(28-14-29-22)12-18(35-24)13-31-25(32)21-8-5-9-30(21)26(31)33/h10-12,14,17,21H,2-9,13H2,1H3. The van der Waals surface area contributed by atoms with Crippen LogP contribution in [0.3, 0.4) is 0 Å². The lowest BCUT2D eigenvalue weighted by molar-refractivity contribution is -0.128. The number of hydrogen-bond acceptors (Lipinski definition) is 6. The van der Waals surface area contributed by atoms with Crippen LogP contribution in [0, 0.1) is 6.92 Å². The van der Waals surface area contributed by atoms with Crippen LogP contribution in [-0.2, 0) is 11.3 Å². The van der Waals surface area contributed by atoms with Crippen LogP contribution in [0.1, 0.15) is 55.4 Å². The van der Waals surface area contributed by atoms with Gasteiger partial charge in [0, 0.05) is 22.0 Å². The fourth-order valence-electron chi connectivity index (χ4n) is 5.57. The fraction of sp³-hybridized carbons (Fsp3) is 0.462. The molecule has 2 aromatic heterocycles. The third-order valence-electron chi connectivity index (χ3n) is 7.29. The van der Waals surface area contributed by atoms with Crippen LogP contribution in [-0.4, -0.2) is 50.4 Å². The van der Waals surface area contributed by atoms with Gasteiger partial charge in [0.05, 0.1) is 28.6 Å². The van der Waals surface area contributed by atoms with Crippen molar-refractivity contribution < 1.29 is 14.3 Å². The van der Waals surface area contributed by atoms with Gasteiger partial charge in [0.2, 0.25) is 0 Å². The van der Waals surface area contributed by atoms with Crippen LogP contribution in [0.2, 0.25) is 5.02 Å². The van der Waals surface area contributed by atoms with E-state index >= 15 is 0 Å². The number of hydrogen-bond donors (Lipinski definition) is 0. The Labute approximate surface area is 213 Å². The third kappa shape index (κ3) is 4.06. The average Bonchev–Trinajstić information content (AvgIpc) is 3.55. The normalized spacial score (nSPS) is 20.8. The minimum Gasteiger partial charge on any atom is -0.489 e. The van der Waals surface area contributed by atoms with Gasteiger partial charge in [0.25, 0.3) is 5.91 Å². The summed E-state index contributed by atoms with van der Waals surface area (Å²) in [6.45, 7) is 2.93. The lowest BCUT2D eigenvalue weighted by Crippen LogP contribution is -2.32. The van der Waals surface area contributed by atoms with Gasteiger partial charge < -0.3 is 9.64 Å². The van der Waals surface area contributed by atoms with Crippen LogP contribution in [0.5, 0.6) is 5.75 Å². The second kappa shape index (κ2) is 9.06. The number of aromatic nitrogens is 2. The highest BCUT2D eigenvalue weighted by molar-refractivity contribution is 7.19. The van der Waals surface area contributed by atoms with E-state index in [0.29, 0.717) is 11.6 Å². The van der Waals surface area contributed by atoms with Gasteiger partial charge in [-0.2, -0.15) is 0 Å². The van der Waals surface area contributed by atoms with Crippen LogP contribution in [0.25, 0.3) is 21.5 Å². The number of urea groups is 1. The number of amides is 3. The topological polar surface area (TPSA) is 75.6 Å². The van der Waals surface area contributed by atoms with Gasteiger partial charge in [-0.3, -0.25) is 9.69 Å². The number of benzene rings is 1. The zero-order valence-corrected chi connectivity index (χ0v) is 21.2. The van der Waals surface area contributed by atoms with Crippen LogP contribution < -0.4 is 4.74 Å². The van der Waals surface area contributed by atoms with Crippen molar-refractivity contribution >= 4 is 45.1 Å². The minimum absolute atomic E-state index is 0.0927. The Kier molecular flexibility index (Phi) is 5.89. The molecular weight excluding hydrogens is 484 g/mol. The van der Waals surface area contributed by atoms with Gasteiger partial charge in [-0.05, 0) is 69.2 Å². The molecule has 1 aliphatic carbocycles. The Morgan fingerprint density at radius 3 is 2.71 bits per heavy atom. The molecule has 35 heavy (non-hydrogen) atoms. The van der Waals surface area contributed by atoms with Crippen molar-refractivity contribution in [2.45, 2.75) is 70.6 Å². The maximum Gasteiger partial charge on any atom is 0.327 e. The second-order valence-electron chi connectivity index (χ2n) is 9.68. The molecule has 3 aliphatic rings. The summed E-state index contributed by atoms with van der Waals surface area (Å²) < 4.78 is 7.44. The molecule has 0 bridgehead atoms. The molecule has 3 aromatic rings. The predicted molar refractivity (Wildman–Crippen MR) is 136 cm³/mol. The van der Waals surface area contributed by atoms with Gasteiger partial charge in [-0.25, -0.2) is 14.8 Å². The van der Waals surface area contributed by atoms with E-state index in [1.165, 1.54) is 35.5 Å². The average molecular weight is 511 g/mol. The zero-order chi connectivity index (χ0) is 24.1. The summed E-state index contributed by atoms with van der Waals surface area (Å²) in [5.74, 6) is 0.728. The van der Waals surface area contributed by atoms with Gasteiger partial charge in [0.1, 0.15) is 18.1 Å². The molecule has 1 atom stereocenters. The van der Waals surface area contributed by atoms with Crippen molar-refractivity contribution in [3.05, 3.63) is 40.0 Å². The second-order valence-corrected chi connectivity index (χ2v) is 11.3. The fourth-order valence-corrected chi connectivity index (χ4v) is 6.94. The monoisotopic (exact) mass is 510 g/mol. The molecule has 4 heterocycles. The number of imide groups is 1. The van der Waals surface area contributed by atoms with E-state index in [-0.39, 0.29) is 30.6 Å². The molecule has 0 spiro atoms. The molecule has 3 amide bonds. The number of rotatable bonds is 5. The van der Waals surface area contributed by atoms with Gasteiger partial charge in [-0.1, -0.05) is 18.0 Å². The first kappa shape index (κ1) is 22.7. The number of ether oxygens (including phenoxy) is 1. The van der Waals surface area contributed by atoms with Crippen molar-refractivity contribution in [1.29, 1.82) is 0 Å². The lowest BCUT2D eigenvalue weighted by Gasteiger charge is -2.25. The molecule has 3 fully saturated rings. The molecule has 0 radical (unpaired) electrons. The Morgan fingerprint density at radius 2 is 1.91 bits per heavy atom. The quantitative estimate of drug-likeness (QED) is 0.396. The summed E-state index contributed by atoms with van der Waals surface area (Å²) in [5, 5.41) is 0.630. The number of halogens is 1. The van der Waals surface area contributed by atoms with Gasteiger partial charge in [-0.15, -0.1) is 11.3 Å². The summed E-state index contributed by atoms with van der Waals surface area (Å²) in [5.41, 5.74) is 3.39. The van der Waals surface area contributed by atoms with Crippen molar-refractivity contribution in [3.8, 4) is 17.0 Å². The number of nitrogens with zero attached hydrogens (tertiary/aromatic N) is 4. The van der Waals surface area contributed by atoms with Crippen LogP contribution in [0.4, 0.5) is 4.79 Å². The Hall–Kier alpha value is -2.71. The number of aryl methyl sites for hydroxylation is 1. The van der Waals surface area contributed by atoms with E-state index < -0.39 is 0 Å². The molecule has 1 unspecified atom stereocenters. The predicted octanol–water partition coefficient (Wildman–Crippen LogP) is 5.96. The molecule has 9 heteroatoms. The Morgan fingerprint density at radius 1 is 1.09 bits per heavy atom.